The van der Waals surface area contributed by atoms with Gasteiger partial charge in [-0.1, -0.05) is 13.8 Å². The second kappa shape index (κ2) is 5.43. The number of carbonyl (C=O) groups excluding carboxylic acids is 1. The summed E-state index contributed by atoms with van der Waals surface area (Å²) in [5, 5.41) is 0. The maximum absolute atomic E-state index is 12.5. The molecule has 0 spiro atoms. The first-order valence-corrected chi connectivity index (χ1v) is 7.80. The smallest absolute Gasteiger partial charge is 0.231 e. The summed E-state index contributed by atoms with van der Waals surface area (Å²) in [6.45, 7) is 12.6. The van der Waals surface area contributed by atoms with Gasteiger partial charge in [0.25, 0.3) is 0 Å². The van der Waals surface area contributed by atoms with Crippen molar-refractivity contribution < 1.29 is 14.3 Å². The third-order valence-corrected chi connectivity index (χ3v) is 4.05. The van der Waals surface area contributed by atoms with E-state index in [-0.39, 0.29) is 5.78 Å². The molecule has 0 aliphatic carbocycles. The molecule has 0 fully saturated rings. The molecule has 0 radical (unpaired) electrons. The van der Waals surface area contributed by atoms with E-state index in [1.54, 1.807) is 0 Å². The average Bonchev–Trinajstić information content (AvgIpc) is 2.76. The Bertz CT molecular complexity index is 669. The first kappa shape index (κ1) is 15.1. The van der Waals surface area contributed by atoms with Crippen molar-refractivity contribution in [2.24, 2.45) is 5.92 Å². The molecule has 0 aromatic heterocycles. The number of fused-ring (bicyclic) bond motifs is 2. The van der Waals surface area contributed by atoms with E-state index < -0.39 is 0 Å². The molecule has 0 saturated carbocycles. The van der Waals surface area contributed by atoms with Crippen LogP contribution in [0.1, 0.15) is 49.2 Å². The SMILES string of the molecule is CC(C)=C1Oc2c(cc3c(c2C)OCN(CC(C)C)C3)C1=O. The van der Waals surface area contributed by atoms with Crippen LogP contribution in [0.2, 0.25) is 0 Å². The molecule has 0 N–H and O–H groups in total. The second-order valence-electron chi connectivity index (χ2n) is 6.81. The van der Waals surface area contributed by atoms with Gasteiger partial charge in [-0.25, -0.2) is 0 Å². The van der Waals surface area contributed by atoms with Crippen LogP contribution < -0.4 is 9.47 Å². The number of rotatable bonds is 2. The van der Waals surface area contributed by atoms with Gasteiger partial charge >= 0.3 is 0 Å². The van der Waals surface area contributed by atoms with E-state index in [0.717, 1.165) is 35.5 Å². The molecule has 0 saturated heterocycles. The van der Waals surface area contributed by atoms with Gasteiger partial charge in [0.05, 0.1) is 5.56 Å². The molecule has 4 nitrogen and oxygen atoms in total. The van der Waals surface area contributed by atoms with E-state index in [1.807, 2.05) is 26.8 Å². The number of hydrogen-bond donors (Lipinski definition) is 0. The maximum atomic E-state index is 12.5. The summed E-state index contributed by atoms with van der Waals surface area (Å²) in [6.07, 6.45) is 0. The van der Waals surface area contributed by atoms with E-state index in [1.165, 1.54) is 0 Å². The highest BCUT2D eigenvalue weighted by Crippen LogP contribution is 2.43. The van der Waals surface area contributed by atoms with Gasteiger partial charge in [-0.05, 0) is 38.3 Å². The van der Waals surface area contributed by atoms with Crippen molar-refractivity contribution in [2.75, 3.05) is 13.3 Å². The molecule has 2 aliphatic heterocycles. The molecule has 0 amide bonds. The lowest BCUT2D eigenvalue weighted by Gasteiger charge is -2.31. The normalized spacial score (nSPS) is 17.2. The molecule has 0 atom stereocenters. The largest absolute Gasteiger partial charge is 0.477 e. The fourth-order valence-corrected chi connectivity index (χ4v) is 3.15. The number of hydrogen-bond acceptors (Lipinski definition) is 4. The van der Waals surface area contributed by atoms with Crippen molar-refractivity contribution >= 4 is 5.78 Å². The Labute approximate surface area is 131 Å². The van der Waals surface area contributed by atoms with Crippen LogP contribution in [-0.4, -0.2) is 24.0 Å². The molecule has 4 heteroatoms. The zero-order valence-electron chi connectivity index (χ0n) is 13.9. The number of benzene rings is 1. The lowest BCUT2D eigenvalue weighted by atomic mass is 9.99. The minimum atomic E-state index is -0.0121. The Kier molecular flexibility index (Phi) is 3.73. The van der Waals surface area contributed by atoms with E-state index in [9.17, 15) is 4.79 Å². The van der Waals surface area contributed by atoms with Crippen molar-refractivity contribution in [3.8, 4) is 11.5 Å². The van der Waals surface area contributed by atoms with Gasteiger partial charge in [0.1, 0.15) is 18.2 Å². The molecule has 22 heavy (non-hydrogen) atoms. The number of carbonyl (C=O) groups is 1. The number of ether oxygens (including phenoxy) is 2. The highest BCUT2D eigenvalue weighted by Gasteiger charge is 2.34. The van der Waals surface area contributed by atoms with Crippen molar-refractivity contribution in [1.29, 1.82) is 0 Å². The zero-order valence-corrected chi connectivity index (χ0v) is 13.9. The van der Waals surface area contributed by atoms with Crippen LogP contribution in [0.15, 0.2) is 17.4 Å². The molecule has 1 aromatic carbocycles. The Hall–Kier alpha value is -1.81. The van der Waals surface area contributed by atoms with Crippen LogP contribution in [0.25, 0.3) is 0 Å². The molecular weight excluding hydrogens is 278 g/mol. The number of ketones is 1. The number of allylic oxidation sites excluding steroid dienone is 2. The molecule has 118 valence electrons. The molecule has 1 aromatic rings. The number of nitrogens with zero attached hydrogens (tertiary/aromatic N) is 1. The lowest BCUT2D eigenvalue weighted by Crippen LogP contribution is -2.35. The molecule has 2 heterocycles. The Morgan fingerprint density at radius 2 is 2.05 bits per heavy atom. The molecule has 0 bridgehead atoms. The Morgan fingerprint density at radius 1 is 1.32 bits per heavy atom. The van der Waals surface area contributed by atoms with Crippen LogP contribution >= 0.6 is 0 Å². The topological polar surface area (TPSA) is 38.8 Å². The average molecular weight is 301 g/mol. The van der Waals surface area contributed by atoms with Crippen molar-refractivity contribution in [3.63, 3.8) is 0 Å². The van der Waals surface area contributed by atoms with Gasteiger partial charge in [-0.2, -0.15) is 0 Å². The van der Waals surface area contributed by atoms with Crippen LogP contribution in [0.4, 0.5) is 0 Å². The van der Waals surface area contributed by atoms with Gasteiger partial charge in [0.15, 0.2) is 5.76 Å². The van der Waals surface area contributed by atoms with Gasteiger partial charge < -0.3 is 9.47 Å². The minimum Gasteiger partial charge on any atom is -0.477 e. The summed E-state index contributed by atoms with van der Waals surface area (Å²) in [5.74, 6) is 2.57. The molecule has 0 unspecified atom stereocenters. The highest BCUT2D eigenvalue weighted by atomic mass is 16.5. The zero-order chi connectivity index (χ0) is 16.0. The summed E-state index contributed by atoms with van der Waals surface area (Å²) < 4.78 is 11.7. The van der Waals surface area contributed by atoms with E-state index >= 15 is 0 Å². The molecular formula is C18H23NO3. The summed E-state index contributed by atoms with van der Waals surface area (Å²) >= 11 is 0. The first-order chi connectivity index (χ1) is 10.4. The van der Waals surface area contributed by atoms with Gasteiger partial charge in [-0.15, -0.1) is 0 Å². The maximum Gasteiger partial charge on any atom is 0.231 e. The second-order valence-corrected chi connectivity index (χ2v) is 6.81. The standard InChI is InChI=1S/C18H23NO3/c1-10(2)7-19-8-13-6-14-15(20)16(11(3)4)22-18(14)12(5)17(13)21-9-19/h6,10H,7-9H2,1-5H3. The fraction of sp³-hybridized carbons (Fsp3) is 0.500. The summed E-state index contributed by atoms with van der Waals surface area (Å²) in [7, 11) is 0. The third-order valence-electron chi connectivity index (χ3n) is 4.05. The monoisotopic (exact) mass is 301 g/mol. The lowest BCUT2D eigenvalue weighted by molar-refractivity contribution is 0.0835. The van der Waals surface area contributed by atoms with Gasteiger partial charge in [-0.3, -0.25) is 9.69 Å². The predicted octanol–water partition coefficient (Wildman–Crippen LogP) is 3.67. The van der Waals surface area contributed by atoms with Crippen LogP contribution in [0.3, 0.4) is 0 Å². The van der Waals surface area contributed by atoms with Crippen molar-refractivity contribution in [2.45, 2.75) is 41.2 Å². The van der Waals surface area contributed by atoms with Gasteiger partial charge in [0, 0.05) is 24.2 Å². The Morgan fingerprint density at radius 3 is 2.68 bits per heavy atom. The summed E-state index contributed by atoms with van der Waals surface area (Å²) in [4.78, 5) is 14.8. The van der Waals surface area contributed by atoms with E-state index in [2.05, 4.69) is 18.7 Å². The van der Waals surface area contributed by atoms with Crippen LogP contribution in [0.5, 0.6) is 11.5 Å². The van der Waals surface area contributed by atoms with Crippen molar-refractivity contribution in [1.82, 2.24) is 4.90 Å². The first-order valence-electron chi connectivity index (χ1n) is 7.80. The van der Waals surface area contributed by atoms with E-state index in [4.69, 9.17) is 9.47 Å². The van der Waals surface area contributed by atoms with Crippen molar-refractivity contribution in [3.05, 3.63) is 34.1 Å². The minimum absolute atomic E-state index is 0.0121. The predicted molar refractivity (Wildman–Crippen MR) is 85.3 cm³/mol. The Balaban J connectivity index is 2.00. The highest BCUT2D eigenvalue weighted by molar-refractivity contribution is 6.13. The third kappa shape index (κ3) is 2.41. The molecule has 2 aliphatic rings. The quantitative estimate of drug-likeness (QED) is 0.781. The van der Waals surface area contributed by atoms with Gasteiger partial charge in [0.2, 0.25) is 5.78 Å². The number of Topliss-reactive ketones (excluding diaryl/α,β-unsaturated/α-hetero) is 1. The fourth-order valence-electron chi connectivity index (χ4n) is 3.15. The molecule has 3 rings (SSSR count). The van der Waals surface area contributed by atoms with Crippen LogP contribution in [0, 0.1) is 12.8 Å². The summed E-state index contributed by atoms with van der Waals surface area (Å²) in [5.41, 5.74) is 3.58. The van der Waals surface area contributed by atoms with E-state index in [0.29, 0.717) is 29.7 Å². The summed E-state index contributed by atoms with van der Waals surface area (Å²) in [6, 6.07) is 1.95. The van der Waals surface area contributed by atoms with Crippen LogP contribution in [-0.2, 0) is 6.54 Å².